The molecule has 172 valence electrons. The fourth-order valence-electron chi connectivity index (χ4n) is 3.93. The van der Waals surface area contributed by atoms with Crippen molar-refractivity contribution in [3.63, 3.8) is 0 Å². The van der Waals surface area contributed by atoms with Crippen molar-refractivity contribution in [2.75, 3.05) is 11.9 Å². The molecular weight excluding hydrogens is 455 g/mol. The summed E-state index contributed by atoms with van der Waals surface area (Å²) in [7, 11) is -3.80. The number of benzene rings is 2. The van der Waals surface area contributed by atoms with Crippen molar-refractivity contribution in [3.05, 3.63) is 72.0 Å². The molecule has 33 heavy (non-hydrogen) atoms. The van der Waals surface area contributed by atoms with E-state index in [1.54, 1.807) is 24.3 Å². The minimum absolute atomic E-state index is 0.0183. The van der Waals surface area contributed by atoms with Crippen molar-refractivity contribution in [2.24, 2.45) is 4.40 Å². The minimum Gasteiger partial charge on any atom is -0.460 e. The number of nitrogens with one attached hydrogen (secondary N) is 1. The number of rotatable bonds is 6. The van der Waals surface area contributed by atoms with Crippen LogP contribution in [0.5, 0.6) is 0 Å². The van der Waals surface area contributed by atoms with Crippen LogP contribution < -0.4 is 5.32 Å². The maximum Gasteiger partial charge on any atom is 0.417 e. The standard InChI is InChI=1S/C23H20F3N3O3S/c24-23(25,26)18-6-2-1-5-17(18)20-12-11-16(32-20)13-29(15-9-10-15)14-22-27-19-7-3-4-8-21(19)33(30,31)28-22/h1-8,11-12,15H,9-10,13-14H2,(H,27,28). The molecule has 1 aromatic heterocycles. The van der Waals surface area contributed by atoms with Crippen molar-refractivity contribution in [1.82, 2.24) is 4.90 Å². The van der Waals surface area contributed by atoms with E-state index in [9.17, 15) is 21.6 Å². The lowest BCUT2D eigenvalue weighted by molar-refractivity contribution is -0.137. The highest BCUT2D eigenvalue weighted by Crippen LogP contribution is 2.38. The summed E-state index contributed by atoms with van der Waals surface area (Å²) in [6.07, 6.45) is -2.60. The molecule has 5 rings (SSSR count). The molecular formula is C23H20F3N3O3S. The van der Waals surface area contributed by atoms with E-state index in [1.165, 1.54) is 30.3 Å². The van der Waals surface area contributed by atoms with E-state index in [1.807, 2.05) is 4.90 Å². The molecule has 0 amide bonds. The Labute approximate surface area is 188 Å². The van der Waals surface area contributed by atoms with Crippen LogP contribution >= 0.6 is 0 Å². The Hall–Kier alpha value is -3.11. The van der Waals surface area contributed by atoms with Gasteiger partial charge in [0.15, 0.2) is 0 Å². The van der Waals surface area contributed by atoms with Gasteiger partial charge in [0.2, 0.25) is 0 Å². The minimum atomic E-state index is -4.49. The zero-order valence-corrected chi connectivity index (χ0v) is 18.2. The number of para-hydroxylation sites is 1. The summed E-state index contributed by atoms with van der Waals surface area (Å²) < 4.78 is 74.9. The number of hydrogen-bond acceptors (Lipinski definition) is 5. The second-order valence-corrected chi connectivity index (χ2v) is 9.65. The molecule has 0 saturated heterocycles. The molecule has 1 N–H and O–H groups in total. The number of halogens is 3. The lowest BCUT2D eigenvalue weighted by atomic mass is 10.1. The third kappa shape index (κ3) is 4.53. The topological polar surface area (TPSA) is 74.9 Å². The first-order valence-electron chi connectivity index (χ1n) is 10.4. The van der Waals surface area contributed by atoms with E-state index >= 15 is 0 Å². The molecule has 2 heterocycles. The normalized spacial score (nSPS) is 17.4. The van der Waals surface area contributed by atoms with Gasteiger partial charge in [0, 0.05) is 11.6 Å². The molecule has 1 aliphatic carbocycles. The van der Waals surface area contributed by atoms with Gasteiger partial charge in [0.25, 0.3) is 10.0 Å². The van der Waals surface area contributed by atoms with Gasteiger partial charge in [-0.15, -0.1) is 4.40 Å². The van der Waals surface area contributed by atoms with Gasteiger partial charge in [-0.25, -0.2) is 0 Å². The Morgan fingerprint density at radius 3 is 2.48 bits per heavy atom. The molecule has 0 atom stereocenters. The Morgan fingerprint density at radius 1 is 1.00 bits per heavy atom. The maximum atomic E-state index is 13.4. The van der Waals surface area contributed by atoms with Crippen molar-refractivity contribution in [2.45, 2.75) is 36.5 Å². The first-order valence-corrected chi connectivity index (χ1v) is 11.8. The average molecular weight is 475 g/mol. The Balaban J connectivity index is 1.37. The van der Waals surface area contributed by atoms with Crippen LogP contribution in [0.4, 0.5) is 18.9 Å². The van der Waals surface area contributed by atoms with Gasteiger partial charge in [-0.1, -0.05) is 30.3 Å². The van der Waals surface area contributed by atoms with Crippen molar-refractivity contribution in [1.29, 1.82) is 0 Å². The molecule has 0 unspecified atom stereocenters. The zero-order chi connectivity index (χ0) is 23.2. The van der Waals surface area contributed by atoms with Gasteiger partial charge in [0.05, 0.1) is 24.3 Å². The van der Waals surface area contributed by atoms with Crippen LogP contribution in [0.25, 0.3) is 11.3 Å². The van der Waals surface area contributed by atoms with Crippen molar-refractivity contribution in [3.8, 4) is 11.3 Å². The molecule has 0 bridgehead atoms. The fourth-order valence-corrected chi connectivity index (χ4v) is 5.07. The molecule has 1 fully saturated rings. The largest absolute Gasteiger partial charge is 0.460 e. The highest BCUT2D eigenvalue weighted by molar-refractivity contribution is 7.90. The molecule has 1 aliphatic heterocycles. The second kappa shape index (κ2) is 8.03. The van der Waals surface area contributed by atoms with E-state index in [0.29, 0.717) is 23.8 Å². The second-order valence-electron chi connectivity index (χ2n) is 8.08. The van der Waals surface area contributed by atoms with E-state index in [2.05, 4.69) is 9.71 Å². The molecule has 0 spiro atoms. The van der Waals surface area contributed by atoms with Crippen LogP contribution in [0, 0.1) is 0 Å². The number of anilines is 1. The van der Waals surface area contributed by atoms with Crippen LogP contribution in [0.1, 0.15) is 24.2 Å². The molecule has 0 radical (unpaired) electrons. The van der Waals surface area contributed by atoms with Crippen LogP contribution in [0.15, 0.2) is 74.4 Å². The van der Waals surface area contributed by atoms with Gasteiger partial charge in [-0.3, -0.25) is 4.90 Å². The molecule has 6 nitrogen and oxygen atoms in total. The number of sulfonamides is 1. The summed E-state index contributed by atoms with van der Waals surface area (Å²) in [5, 5.41) is 3.08. The third-order valence-corrected chi connectivity index (χ3v) is 6.98. The Morgan fingerprint density at radius 2 is 1.73 bits per heavy atom. The summed E-state index contributed by atoms with van der Waals surface area (Å²) in [5.41, 5.74) is -0.299. The highest BCUT2D eigenvalue weighted by atomic mass is 32.2. The van der Waals surface area contributed by atoms with Crippen LogP contribution in [-0.4, -0.2) is 31.7 Å². The van der Waals surface area contributed by atoms with Crippen LogP contribution in [-0.2, 0) is 22.7 Å². The summed E-state index contributed by atoms with van der Waals surface area (Å²) >= 11 is 0. The summed E-state index contributed by atoms with van der Waals surface area (Å²) in [4.78, 5) is 2.15. The number of fused-ring (bicyclic) bond motifs is 1. The Bertz CT molecular complexity index is 1330. The lowest BCUT2D eigenvalue weighted by Crippen LogP contribution is -2.36. The van der Waals surface area contributed by atoms with Gasteiger partial charge < -0.3 is 9.73 Å². The summed E-state index contributed by atoms with van der Waals surface area (Å²) in [6, 6.07) is 15.3. The monoisotopic (exact) mass is 475 g/mol. The first-order chi connectivity index (χ1) is 15.7. The van der Waals surface area contributed by atoms with E-state index in [-0.39, 0.29) is 28.8 Å². The Kier molecular flexibility index (Phi) is 5.29. The van der Waals surface area contributed by atoms with Gasteiger partial charge >= 0.3 is 6.18 Å². The van der Waals surface area contributed by atoms with Crippen molar-refractivity contribution < 1.29 is 26.0 Å². The van der Waals surface area contributed by atoms with Crippen LogP contribution in [0.3, 0.4) is 0 Å². The number of hydrogen-bond donors (Lipinski definition) is 1. The smallest absolute Gasteiger partial charge is 0.417 e. The molecule has 10 heteroatoms. The van der Waals surface area contributed by atoms with Gasteiger partial charge in [-0.05, 0) is 43.2 Å². The predicted molar refractivity (Wildman–Crippen MR) is 117 cm³/mol. The van der Waals surface area contributed by atoms with Crippen molar-refractivity contribution >= 4 is 21.5 Å². The number of alkyl halides is 3. The predicted octanol–water partition coefficient (Wildman–Crippen LogP) is 5.14. The van der Waals surface area contributed by atoms with Gasteiger partial charge in [-0.2, -0.15) is 21.6 Å². The lowest BCUT2D eigenvalue weighted by Gasteiger charge is -2.24. The first kappa shape index (κ1) is 21.7. The summed E-state index contributed by atoms with van der Waals surface area (Å²) in [6.45, 7) is 0.564. The highest BCUT2D eigenvalue weighted by Gasteiger charge is 2.35. The van der Waals surface area contributed by atoms with E-state index in [0.717, 1.165) is 18.9 Å². The van der Waals surface area contributed by atoms with Gasteiger partial charge in [0.1, 0.15) is 22.3 Å². The summed E-state index contributed by atoms with van der Waals surface area (Å²) in [5.74, 6) is 0.932. The fraction of sp³-hybridized carbons (Fsp3) is 0.261. The zero-order valence-electron chi connectivity index (χ0n) is 17.3. The third-order valence-electron chi connectivity index (χ3n) is 5.61. The quantitative estimate of drug-likeness (QED) is 0.534. The molecule has 2 aliphatic rings. The number of furan rings is 1. The number of amidine groups is 1. The number of nitrogens with zero attached hydrogens (tertiary/aromatic N) is 2. The molecule has 1 saturated carbocycles. The van der Waals surface area contributed by atoms with E-state index in [4.69, 9.17) is 4.42 Å². The van der Waals surface area contributed by atoms with E-state index < -0.39 is 21.8 Å². The molecule has 2 aromatic carbocycles. The SMILES string of the molecule is O=S1(=O)N=C(CN(Cc2ccc(-c3ccccc3C(F)(F)F)o2)C2CC2)Nc2ccccc21. The molecule has 3 aromatic rings. The average Bonchev–Trinajstić information content (AvgIpc) is 3.51. The maximum absolute atomic E-state index is 13.4. The van der Waals surface area contributed by atoms with Crippen LogP contribution in [0.2, 0.25) is 0 Å².